The van der Waals surface area contributed by atoms with Gasteiger partial charge in [-0.3, -0.25) is 0 Å². The Morgan fingerprint density at radius 2 is 1.08 bits per heavy atom. The number of ether oxygens (including phenoxy) is 1. The molecular weight excluding hydrogens is 320 g/mol. The number of anilines is 2. The van der Waals surface area contributed by atoms with Gasteiger partial charge in [0, 0.05) is 31.1 Å². The molecule has 0 spiro atoms. The first-order valence-corrected chi connectivity index (χ1v) is 9.64. The molecule has 2 aromatic carbocycles. The zero-order valence-electron chi connectivity index (χ0n) is 17.3. The average Bonchev–Trinajstić information content (AvgIpc) is 2.89. The molecule has 2 aromatic rings. The smallest absolute Gasteiger partial charge is 0.210 e. The topological polar surface area (TPSA) is 15.7 Å². The summed E-state index contributed by atoms with van der Waals surface area (Å²) in [5.41, 5.74) is 10.6. The van der Waals surface area contributed by atoms with Crippen molar-refractivity contribution >= 4 is 11.4 Å². The van der Waals surface area contributed by atoms with Crippen LogP contribution in [0.15, 0.2) is 24.3 Å². The summed E-state index contributed by atoms with van der Waals surface area (Å²) in [6, 6.07) is 9.10. The molecule has 3 nitrogen and oxygen atoms in total. The van der Waals surface area contributed by atoms with Crippen molar-refractivity contribution in [2.45, 2.75) is 54.8 Å². The first-order chi connectivity index (χ1) is 12.3. The third-order valence-electron chi connectivity index (χ3n) is 5.28. The van der Waals surface area contributed by atoms with E-state index in [1.807, 2.05) is 0 Å². The summed E-state index contributed by atoms with van der Waals surface area (Å²) in [6.07, 6.45) is -0.0554. The van der Waals surface area contributed by atoms with Crippen LogP contribution < -0.4 is 9.80 Å². The van der Waals surface area contributed by atoms with E-state index < -0.39 is 0 Å². The van der Waals surface area contributed by atoms with Gasteiger partial charge >= 0.3 is 0 Å². The van der Waals surface area contributed by atoms with Crippen LogP contribution in [0.25, 0.3) is 0 Å². The maximum absolute atomic E-state index is 6.27. The van der Waals surface area contributed by atoms with Gasteiger partial charge in [0.25, 0.3) is 0 Å². The number of rotatable bonds is 4. The Kier molecular flexibility index (Phi) is 5.29. The highest BCUT2D eigenvalue weighted by atomic mass is 16.5. The van der Waals surface area contributed by atoms with E-state index in [4.69, 9.17) is 4.74 Å². The van der Waals surface area contributed by atoms with Gasteiger partial charge in [-0.15, -0.1) is 0 Å². The van der Waals surface area contributed by atoms with E-state index in [1.165, 1.54) is 44.8 Å². The molecule has 0 unspecified atom stereocenters. The molecule has 0 aliphatic carbocycles. The number of aryl methyl sites for hydroxylation is 6. The second kappa shape index (κ2) is 7.32. The molecule has 0 N–H and O–H groups in total. The zero-order valence-corrected chi connectivity index (χ0v) is 17.3. The van der Waals surface area contributed by atoms with E-state index in [2.05, 4.69) is 82.5 Å². The van der Waals surface area contributed by atoms with Gasteiger partial charge in [-0.05, 0) is 70.7 Å². The molecule has 1 aliphatic heterocycles. The lowest BCUT2D eigenvalue weighted by Crippen LogP contribution is -2.42. The van der Waals surface area contributed by atoms with Gasteiger partial charge in [0.05, 0.1) is 0 Å². The van der Waals surface area contributed by atoms with Crippen molar-refractivity contribution < 1.29 is 4.74 Å². The van der Waals surface area contributed by atoms with Crippen LogP contribution in [-0.2, 0) is 4.74 Å². The summed E-state index contributed by atoms with van der Waals surface area (Å²) >= 11 is 0. The molecule has 0 radical (unpaired) electrons. The largest absolute Gasteiger partial charge is 0.341 e. The molecule has 1 heterocycles. The minimum absolute atomic E-state index is 0.0554. The molecule has 26 heavy (non-hydrogen) atoms. The Morgan fingerprint density at radius 1 is 0.731 bits per heavy atom. The normalized spacial score (nSPS) is 15.2. The number of hydrogen-bond donors (Lipinski definition) is 0. The van der Waals surface area contributed by atoms with E-state index in [0.29, 0.717) is 6.61 Å². The quantitative estimate of drug-likeness (QED) is 0.754. The molecule has 1 aliphatic rings. The van der Waals surface area contributed by atoms with Crippen LogP contribution in [-0.4, -0.2) is 26.0 Å². The molecule has 0 aromatic heterocycles. The Balaban J connectivity index is 2.05. The lowest BCUT2D eigenvalue weighted by Gasteiger charge is -2.35. The van der Waals surface area contributed by atoms with Crippen molar-refractivity contribution in [2.24, 2.45) is 0 Å². The maximum Gasteiger partial charge on any atom is 0.210 e. The van der Waals surface area contributed by atoms with Crippen LogP contribution in [0.2, 0.25) is 0 Å². The minimum Gasteiger partial charge on any atom is -0.341 e. The number of nitrogens with zero attached hydrogens (tertiary/aromatic N) is 2. The Bertz CT molecular complexity index is 700. The van der Waals surface area contributed by atoms with Gasteiger partial charge in [-0.2, -0.15) is 0 Å². The van der Waals surface area contributed by atoms with Crippen molar-refractivity contribution in [3.8, 4) is 0 Å². The third kappa shape index (κ3) is 3.33. The van der Waals surface area contributed by atoms with E-state index in [1.54, 1.807) is 0 Å². The van der Waals surface area contributed by atoms with E-state index in [0.717, 1.165) is 13.1 Å². The highest BCUT2D eigenvalue weighted by molar-refractivity contribution is 5.67. The summed E-state index contributed by atoms with van der Waals surface area (Å²) in [5, 5.41) is 0. The summed E-state index contributed by atoms with van der Waals surface area (Å²) in [6.45, 7) is 17.9. The standard InChI is InChI=1S/C23H32N2O/c1-8-26-23-24(21-17(4)11-15(2)12-18(21)5)9-10-25(23)22-19(6)13-16(3)14-20(22)7/h11-14,23H,8-10H2,1-7H3. The van der Waals surface area contributed by atoms with E-state index >= 15 is 0 Å². The van der Waals surface area contributed by atoms with Gasteiger partial charge < -0.3 is 14.5 Å². The van der Waals surface area contributed by atoms with Crippen molar-refractivity contribution in [3.63, 3.8) is 0 Å². The highest BCUT2D eigenvalue weighted by Gasteiger charge is 2.35. The second-order valence-electron chi connectivity index (χ2n) is 7.66. The van der Waals surface area contributed by atoms with Gasteiger partial charge in [0.1, 0.15) is 0 Å². The van der Waals surface area contributed by atoms with Gasteiger partial charge in [-0.1, -0.05) is 35.4 Å². The second-order valence-corrected chi connectivity index (χ2v) is 7.66. The average molecular weight is 353 g/mol. The van der Waals surface area contributed by atoms with Crippen molar-refractivity contribution in [3.05, 3.63) is 57.6 Å². The Morgan fingerprint density at radius 3 is 1.38 bits per heavy atom. The fraction of sp³-hybridized carbons (Fsp3) is 0.478. The van der Waals surface area contributed by atoms with Gasteiger partial charge in [0.2, 0.25) is 6.35 Å². The number of benzene rings is 2. The van der Waals surface area contributed by atoms with Gasteiger partial charge in [-0.25, -0.2) is 0 Å². The molecular formula is C23H32N2O. The van der Waals surface area contributed by atoms with Crippen LogP contribution in [0.3, 0.4) is 0 Å². The monoisotopic (exact) mass is 352 g/mol. The van der Waals surface area contributed by atoms with Gasteiger partial charge in [0.15, 0.2) is 0 Å². The van der Waals surface area contributed by atoms with E-state index in [-0.39, 0.29) is 6.35 Å². The molecule has 0 atom stereocenters. The third-order valence-corrected chi connectivity index (χ3v) is 5.28. The Hall–Kier alpha value is -2.00. The Labute approximate surface area is 158 Å². The molecule has 0 saturated carbocycles. The first kappa shape index (κ1) is 18.8. The molecule has 3 rings (SSSR count). The predicted molar refractivity (Wildman–Crippen MR) is 111 cm³/mol. The summed E-state index contributed by atoms with van der Waals surface area (Å²) in [4.78, 5) is 4.87. The summed E-state index contributed by atoms with van der Waals surface area (Å²) in [5.74, 6) is 0. The molecule has 0 bridgehead atoms. The van der Waals surface area contributed by atoms with Crippen LogP contribution in [0.1, 0.15) is 40.3 Å². The van der Waals surface area contributed by atoms with Crippen LogP contribution in [0.4, 0.5) is 11.4 Å². The fourth-order valence-corrected chi connectivity index (χ4v) is 4.63. The summed E-state index contributed by atoms with van der Waals surface area (Å²) in [7, 11) is 0. The lowest BCUT2D eigenvalue weighted by molar-refractivity contribution is 0.0727. The van der Waals surface area contributed by atoms with Crippen LogP contribution in [0.5, 0.6) is 0 Å². The fourth-order valence-electron chi connectivity index (χ4n) is 4.63. The maximum atomic E-state index is 6.27. The highest BCUT2D eigenvalue weighted by Crippen LogP contribution is 2.36. The molecule has 3 heteroatoms. The minimum atomic E-state index is -0.0554. The zero-order chi connectivity index (χ0) is 19.0. The first-order valence-electron chi connectivity index (χ1n) is 9.64. The van der Waals surface area contributed by atoms with Crippen molar-refractivity contribution in [1.82, 2.24) is 0 Å². The van der Waals surface area contributed by atoms with Crippen molar-refractivity contribution in [1.29, 1.82) is 0 Å². The van der Waals surface area contributed by atoms with E-state index in [9.17, 15) is 0 Å². The molecule has 0 amide bonds. The SMILES string of the molecule is CCOC1N(c2c(C)cc(C)cc2C)CCN1c1c(C)cc(C)cc1C. The molecule has 1 fully saturated rings. The van der Waals surface area contributed by atoms with Crippen LogP contribution in [0, 0.1) is 41.5 Å². The molecule has 1 saturated heterocycles. The van der Waals surface area contributed by atoms with Crippen LogP contribution >= 0.6 is 0 Å². The van der Waals surface area contributed by atoms with Crippen molar-refractivity contribution in [2.75, 3.05) is 29.5 Å². The summed E-state index contributed by atoms with van der Waals surface area (Å²) < 4.78 is 6.27. The number of hydrogen-bond acceptors (Lipinski definition) is 3. The lowest BCUT2D eigenvalue weighted by atomic mass is 10.0. The molecule has 140 valence electrons. The predicted octanol–water partition coefficient (Wildman–Crippen LogP) is 5.18.